The highest BCUT2D eigenvalue weighted by molar-refractivity contribution is 7.81. The fraction of sp³-hybridized carbons (Fsp3) is 0.444. The molecule has 1 N–H and O–H groups in total. The number of carbonyl (C=O) groups excluding carboxylic acids is 2. The van der Waals surface area contributed by atoms with Crippen molar-refractivity contribution in [1.82, 2.24) is 0 Å². The van der Waals surface area contributed by atoms with Crippen molar-refractivity contribution in [2.45, 2.75) is 52.7 Å². The summed E-state index contributed by atoms with van der Waals surface area (Å²) in [5.41, 5.74) is -1.55. The third kappa shape index (κ3) is 9.20. The molecular formula is C18H24O8S. The maximum atomic E-state index is 12.4. The first kappa shape index (κ1) is 22.7. The monoisotopic (exact) mass is 400 g/mol. The molecule has 0 aromatic heterocycles. The Balaban J connectivity index is 3.21. The first-order valence-electron chi connectivity index (χ1n) is 8.01. The van der Waals surface area contributed by atoms with Gasteiger partial charge in [0.05, 0.1) is 0 Å². The fourth-order valence-corrected chi connectivity index (χ4v) is 2.13. The van der Waals surface area contributed by atoms with Gasteiger partial charge in [-0.05, 0) is 65.3 Å². The van der Waals surface area contributed by atoms with E-state index >= 15 is 0 Å². The van der Waals surface area contributed by atoms with Gasteiger partial charge in [0.25, 0.3) is 0 Å². The number of benzene rings is 1. The van der Waals surface area contributed by atoms with Crippen LogP contribution >= 0.6 is 0 Å². The summed E-state index contributed by atoms with van der Waals surface area (Å²) in [6.07, 6.45) is 1.26. The summed E-state index contributed by atoms with van der Waals surface area (Å²) in [7, 11) is -4.64. The lowest BCUT2D eigenvalue weighted by molar-refractivity contribution is -0.158. The fourth-order valence-electron chi connectivity index (χ4n) is 1.78. The molecule has 9 heteroatoms. The molecule has 0 fully saturated rings. The predicted molar refractivity (Wildman–Crippen MR) is 98.3 cm³/mol. The summed E-state index contributed by atoms with van der Waals surface area (Å²) in [5, 5.41) is 0. The second kappa shape index (κ2) is 8.10. The van der Waals surface area contributed by atoms with Crippen LogP contribution in [0.3, 0.4) is 0 Å². The normalized spacial score (nSPS) is 12.1. The Morgan fingerprint density at radius 3 is 1.63 bits per heavy atom. The van der Waals surface area contributed by atoms with Gasteiger partial charge in [0.15, 0.2) is 0 Å². The van der Waals surface area contributed by atoms with E-state index in [2.05, 4.69) is 4.18 Å². The lowest BCUT2D eigenvalue weighted by atomic mass is 10.1. The molecule has 0 bridgehead atoms. The van der Waals surface area contributed by atoms with Crippen molar-refractivity contribution < 1.29 is 36.2 Å². The van der Waals surface area contributed by atoms with Crippen molar-refractivity contribution in [3.63, 3.8) is 0 Å². The van der Waals surface area contributed by atoms with Crippen molar-refractivity contribution >= 4 is 28.4 Å². The largest absolute Gasteiger partial charge is 0.456 e. The molecule has 0 saturated heterocycles. The van der Waals surface area contributed by atoms with Crippen molar-refractivity contribution in [2.24, 2.45) is 0 Å². The molecule has 0 aliphatic rings. The Kier molecular flexibility index (Phi) is 6.79. The van der Waals surface area contributed by atoms with Crippen molar-refractivity contribution in [3.8, 4) is 5.75 Å². The Labute approximate surface area is 159 Å². The molecule has 27 heavy (non-hydrogen) atoms. The van der Waals surface area contributed by atoms with Crippen LogP contribution in [0.4, 0.5) is 0 Å². The summed E-state index contributed by atoms with van der Waals surface area (Å²) in [5.74, 6) is -1.84. The first-order valence-corrected chi connectivity index (χ1v) is 9.38. The Morgan fingerprint density at radius 1 is 0.889 bits per heavy atom. The van der Waals surface area contributed by atoms with E-state index in [0.717, 1.165) is 0 Å². The van der Waals surface area contributed by atoms with Gasteiger partial charge in [-0.2, -0.15) is 8.42 Å². The van der Waals surface area contributed by atoms with E-state index in [9.17, 15) is 18.0 Å². The van der Waals surface area contributed by atoms with Crippen LogP contribution in [0.5, 0.6) is 5.75 Å². The molecule has 0 aliphatic heterocycles. The van der Waals surface area contributed by atoms with Gasteiger partial charge in [-0.15, -0.1) is 0 Å². The molecule has 0 radical (unpaired) electrons. The maximum absolute atomic E-state index is 12.4. The number of hydrogen-bond donors (Lipinski definition) is 1. The van der Waals surface area contributed by atoms with Crippen LogP contribution in [0.2, 0.25) is 0 Å². The van der Waals surface area contributed by atoms with Crippen LogP contribution in [0.1, 0.15) is 47.1 Å². The van der Waals surface area contributed by atoms with Crippen LogP contribution in [-0.2, 0) is 29.5 Å². The number of esters is 2. The summed E-state index contributed by atoms with van der Waals surface area (Å²) >= 11 is 0. The highest BCUT2D eigenvalue weighted by Gasteiger charge is 2.29. The molecule has 1 aromatic carbocycles. The van der Waals surface area contributed by atoms with Gasteiger partial charge >= 0.3 is 22.3 Å². The van der Waals surface area contributed by atoms with Gasteiger partial charge < -0.3 is 13.7 Å². The van der Waals surface area contributed by atoms with E-state index in [1.54, 1.807) is 41.5 Å². The van der Waals surface area contributed by atoms with Crippen molar-refractivity contribution in [3.05, 3.63) is 35.4 Å². The molecule has 0 unspecified atom stereocenters. The Bertz CT molecular complexity index is 792. The van der Waals surface area contributed by atoms with E-state index in [4.69, 9.17) is 14.0 Å². The summed E-state index contributed by atoms with van der Waals surface area (Å²) in [6.45, 7) is 9.99. The molecule has 0 aliphatic carbocycles. The second-order valence-corrected chi connectivity index (χ2v) is 8.66. The molecule has 0 saturated carbocycles. The van der Waals surface area contributed by atoms with E-state index < -0.39 is 33.5 Å². The minimum absolute atomic E-state index is 0.134. The quantitative estimate of drug-likeness (QED) is 0.264. The molecule has 0 spiro atoms. The van der Waals surface area contributed by atoms with Crippen LogP contribution in [-0.4, -0.2) is 36.1 Å². The Hall–Kier alpha value is -2.39. The predicted octanol–water partition coefficient (Wildman–Crippen LogP) is 2.94. The highest BCUT2D eigenvalue weighted by atomic mass is 32.3. The average molecular weight is 400 g/mol. The zero-order valence-corrected chi connectivity index (χ0v) is 16.9. The van der Waals surface area contributed by atoms with E-state index in [-0.39, 0.29) is 11.3 Å². The smallest absolute Gasteiger partial charge is 0.446 e. The number of carbonyl (C=O) groups is 2. The zero-order valence-electron chi connectivity index (χ0n) is 16.1. The topological polar surface area (TPSA) is 116 Å². The number of ether oxygens (including phenoxy) is 2. The lowest BCUT2D eigenvalue weighted by Gasteiger charge is -2.23. The molecule has 0 amide bonds. The summed E-state index contributed by atoms with van der Waals surface area (Å²) in [4.78, 5) is 24.8. The van der Waals surface area contributed by atoms with Gasteiger partial charge in [-0.3, -0.25) is 4.55 Å². The van der Waals surface area contributed by atoms with Gasteiger partial charge in [0.1, 0.15) is 22.5 Å². The first-order chi connectivity index (χ1) is 12.1. The molecular weight excluding hydrogens is 376 g/mol. The van der Waals surface area contributed by atoms with Crippen LogP contribution in [0, 0.1) is 0 Å². The molecule has 1 rings (SSSR count). The van der Waals surface area contributed by atoms with E-state index in [1.165, 1.54) is 30.3 Å². The molecule has 0 atom stereocenters. The third-order valence-electron chi connectivity index (χ3n) is 2.63. The standard InChI is InChI=1S/C18H24O8S/c1-17(2,3)24-15(19)14(16(20)25-18(4,5)6)11-12-7-9-13(10-8-12)26-27(21,22)23/h7-11H,1-6H3,(H,21,22,23). The number of hydrogen-bond acceptors (Lipinski definition) is 7. The van der Waals surface area contributed by atoms with Crippen LogP contribution in [0.25, 0.3) is 6.08 Å². The lowest BCUT2D eigenvalue weighted by Crippen LogP contribution is -2.31. The zero-order chi connectivity index (χ0) is 21.0. The minimum atomic E-state index is -4.64. The van der Waals surface area contributed by atoms with Crippen LogP contribution in [0.15, 0.2) is 29.8 Å². The average Bonchev–Trinajstić information content (AvgIpc) is 2.40. The third-order valence-corrected chi connectivity index (χ3v) is 3.03. The molecule has 1 aromatic rings. The van der Waals surface area contributed by atoms with Crippen LogP contribution < -0.4 is 4.18 Å². The Morgan fingerprint density at radius 2 is 1.30 bits per heavy atom. The summed E-state index contributed by atoms with van der Waals surface area (Å²) < 4.78 is 44.9. The molecule has 8 nitrogen and oxygen atoms in total. The van der Waals surface area contributed by atoms with Crippen molar-refractivity contribution in [2.75, 3.05) is 0 Å². The van der Waals surface area contributed by atoms with Gasteiger partial charge in [0, 0.05) is 0 Å². The highest BCUT2D eigenvalue weighted by Crippen LogP contribution is 2.20. The molecule has 0 heterocycles. The van der Waals surface area contributed by atoms with E-state index in [0.29, 0.717) is 5.56 Å². The van der Waals surface area contributed by atoms with Gasteiger partial charge in [-0.25, -0.2) is 9.59 Å². The second-order valence-electron chi connectivity index (χ2n) is 7.64. The van der Waals surface area contributed by atoms with E-state index in [1.807, 2.05) is 0 Å². The molecule has 150 valence electrons. The van der Waals surface area contributed by atoms with Crippen molar-refractivity contribution in [1.29, 1.82) is 0 Å². The van der Waals surface area contributed by atoms with Gasteiger partial charge in [-0.1, -0.05) is 12.1 Å². The number of rotatable bonds is 5. The summed E-state index contributed by atoms with van der Waals surface area (Å²) in [6, 6.07) is 5.30. The van der Waals surface area contributed by atoms with Gasteiger partial charge in [0.2, 0.25) is 0 Å². The SMILES string of the molecule is CC(C)(C)OC(=O)C(=Cc1ccc(OS(=O)(=O)O)cc1)C(=O)OC(C)(C)C. The maximum Gasteiger partial charge on any atom is 0.446 e. The minimum Gasteiger partial charge on any atom is -0.456 e.